The highest BCUT2D eigenvalue weighted by Crippen LogP contribution is 2.17. The predicted octanol–water partition coefficient (Wildman–Crippen LogP) is 1.60. The normalized spacial score (nSPS) is 16.1. The first-order valence-electron chi connectivity index (χ1n) is 7.84. The van der Waals surface area contributed by atoms with Crippen molar-refractivity contribution in [2.45, 2.75) is 57.9 Å². The number of nitrogens with one attached hydrogen (secondary N) is 2. The maximum Gasteiger partial charge on any atom is 0.246 e. The van der Waals surface area contributed by atoms with E-state index in [1.54, 1.807) is 12.3 Å². The number of nitrogens with zero attached hydrogens (tertiary/aromatic N) is 2. The van der Waals surface area contributed by atoms with Crippen molar-refractivity contribution >= 4 is 34.0 Å². The van der Waals surface area contributed by atoms with Gasteiger partial charge in [0.25, 0.3) is 0 Å². The number of anilines is 1. The third-order valence-corrected chi connectivity index (χ3v) is 4.39. The molecule has 4 N–H and O–H groups in total. The molecule has 1 aromatic rings. The summed E-state index contributed by atoms with van der Waals surface area (Å²) < 4.78 is 0. The number of aromatic nitrogens is 1. The number of nitrogens with two attached hydrogens (primary N) is 1. The molecule has 0 radical (unpaired) electrons. The summed E-state index contributed by atoms with van der Waals surface area (Å²) in [5, 5.41) is 9.16. The second-order valence-electron chi connectivity index (χ2n) is 5.82. The van der Waals surface area contributed by atoms with Crippen molar-refractivity contribution < 1.29 is 9.59 Å². The van der Waals surface area contributed by atoms with Crippen LogP contribution in [0, 0.1) is 0 Å². The number of rotatable bonds is 6. The van der Waals surface area contributed by atoms with Crippen LogP contribution in [0.15, 0.2) is 10.5 Å². The monoisotopic (exact) mass is 337 g/mol. The van der Waals surface area contributed by atoms with Gasteiger partial charge in [-0.3, -0.25) is 9.59 Å². The molecule has 0 saturated heterocycles. The fraction of sp³-hybridized carbons (Fsp3) is 0.600. The van der Waals surface area contributed by atoms with Crippen LogP contribution >= 0.6 is 11.3 Å². The highest BCUT2D eigenvalue weighted by atomic mass is 32.1. The minimum absolute atomic E-state index is 0.0420. The molecule has 1 heterocycles. The van der Waals surface area contributed by atoms with Crippen molar-refractivity contribution in [3.05, 3.63) is 11.1 Å². The van der Waals surface area contributed by atoms with E-state index in [4.69, 9.17) is 5.73 Å². The molecule has 0 bridgehead atoms. The summed E-state index contributed by atoms with van der Waals surface area (Å²) >= 11 is 1.29. The molecule has 2 amide bonds. The van der Waals surface area contributed by atoms with Crippen LogP contribution in [-0.2, 0) is 16.0 Å². The Hall–Kier alpha value is -1.96. The van der Waals surface area contributed by atoms with E-state index >= 15 is 0 Å². The first-order valence-corrected chi connectivity index (χ1v) is 8.72. The number of amides is 2. The molecule has 0 spiro atoms. The Labute approximate surface area is 139 Å². The fourth-order valence-electron chi connectivity index (χ4n) is 2.56. The lowest BCUT2D eigenvalue weighted by atomic mass is 9.95. The van der Waals surface area contributed by atoms with Gasteiger partial charge in [0.05, 0.1) is 18.5 Å². The summed E-state index contributed by atoms with van der Waals surface area (Å²) in [6, 6.07) is 0.286. The molecular weight excluding hydrogens is 314 g/mol. The van der Waals surface area contributed by atoms with Gasteiger partial charge in [-0.05, 0) is 19.8 Å². The topological polar surface area (TPSA) is 109 Å². The van der Waals surface area contributed by atoms with Gasteiger partial charge in [0, 0.05) is 17.1 Å². The quantitative estimate of drug-likeness (QED) is 0.541. The van der Waals surface area contributed by atoms with Crippen molar-refractivity contribution in [2.75, 3.05) is 5.73 Å². The largest absolute Gasteiger partial charge is 0.375 e. The molecule has 126 valence electrons. The molecule has 0 atom stereocenters. The molecule has 23 heavy (non-hydrogen) atoms. The Bertz CT molecular complexity index is 578. The SMILES string of the molecule is C/C(CC(=O)NC1CCCCC1)=N/NC(=O)Cc1csc(N)n1. The zero-order chi connectivity index (χ0) is 16.7. The van der Waals surface area contributed by atoms with Crippen LogP contribution in [0.3, 0.4) is 0 Å². The average Bonchev–Trinajstić information content (AvgIpc) is 2.91. The van der Waals surface area contributed by atoms with E-state index in [2.05, 4.69) is 20.8 Å². The number of carbonyl (C=O) groups is 2. The summed E-state index contributed by atoms with van der Waals surface area (Å²) in [5.74, 6) is -0.318. The van der Waals surface area contributed by atoms with E-state index in [1.807, 2.05) is 0 Å². The highest BCUT2D eigenvalue weighted by Gasteiger charge is 2.16. The van der Waals surface area contributed by atoms with Crippen molar-refractivity contribution in [3.63, 3.8) is 0 Å². The molecule has 0 unspecified atom stereocenters. The lowest BCUT2D eigenvalue weighted by Crippen LogP contribution is -2.37. The molecule has 8 heteroatoms. The number of hydrazone groups is 1. The van der Waals surface area contributed by atoms with Crippen LogP contribution in [0.5, 0.6) is 0 Å². The van der Waals surface area contributed by atoms with E-state index in [1.165, 1.54) is 30.6 Å². The first-order chi connectivity index (χ1) is 11.0. The Kier molecular flexibility index (Phi) is 6.52. The fourth-order valence-corrected chi connectivity index (χ4v) is 3.13. The van der Waals surface area contributed by atoms with Crippen LogP contribution in [0.25, 0.3) is 0 Å². The molecule has 1 aliphatic carbocycles. The van der Waals surface area contributed by atoms with Gasteiger partial charge in [-0.15, -0.1) is 11.3 Å². The summed E-state index contributed by atoms with van der Waals surface area (Å²) in [6.07, 6.45) is 6.03. The lowest BCUT2D eigenvalue weighted by Gasteiger charge is -2.22. The van der Waals surface area contributed by atoms with Gasteiger partial charge >= 0.3 is 0 Å². The van der Waals surface area contributed by atoms with E-state index < -0.39 is 0 Å². The van der Waals surface area contributed by atoms with Gasteiger partial charge in [-0.25, -0.2) is 10.4 Å². The van der Waals surface area contributed by atoms with Crippen LogP contribution in [0.4, 0.5) is 5.13 Å². The van der Waals surface area contributed by atoms with Crippen LogP contribution in [0.1, 0.15) is 51.1 Å². The number of carbonyl (C=O) groups excluding carboxylic acids is 2. The van der Waals surface area contributed by atoms with Gasteiger partial charge in [0.2, 0.25) is 11.8 Å². The molecule has 1 fully saturated rings. The lowest BCUT2D eigenvalue weighted by molar-refractivity contribution is -0.121. The first kappa shape index (κ1) is 17.4. The minimum atomic E-state index is -0.276. The summed E-state index contributed by atoms with van der Waals surface area (Å²) in [4.78, 5) is 27.7. The third-order valence-electron chi connectivity index (χ3n) is 3.67. The van der Waals surface area contributed by atoms with Crippen LogP contribution in [0.2, 0.25) is 0 Å². The Morgan fingerprint density at radius 3 is 2.74 bits per heavy atom. The maximum absolute atomic E-state index is 11.9. The number of nitrogen functional groups attached to an aromatic ring is 1. The van der Waals surface area contributed by atoms with Crippen molar-refractivity contribution in [1.82, 2.24) is 15.7 Å². The molecule has 2 rings (SSSR count). The molecule has 1 aromatic heterocycles. The zero-order valence-electron chi connectivity index (χ0n) is 13.3. The van der Waals surface area contributed by atoms with E-state index in [-0.39, 0.29) is 30.7 Å². The maximum atomic E-state index is 11.9. The van der Waals surface area contributed by atoms with Gasteiger partial charge in [0.15, 0.2) is 5.13 Å². The van der Waals surface area contributed by atoms with Gasteiger partial charge in [0.1, 0.15) is 0 Å². The van der Waals surface area contributed by atoms with Crippen molar-refractivity contribution in [1.29, 1.82) is 0 Å². The summed E-state index contributed by atoms with van der Waals surface area (Å²) in [7, 11) is 0. The van der Waals surface area contributed by atoms with Crippen molar-refractivity contribution in [3.8, 4) is 0 Å². The zero-order valence-corrected chi connectivity index (χ0v) is 14.1. The van der Waals surface area contributed by atoms with Crippen LogP contribution < -0.4 is 16.5 Å². The Morgan fingerprint density at radius 2 is 2.09 bits per heavy atom. The Balaban J connectivity index is 1.71. The standard InChI is InChI=1S/C15H23N5O2S/c1-10(7-13(21)17-11-5-3-2-4-6-11)19-20-14(22)8-12-9-23-15(16)18-12/h9,11H,2-8H2,1H3,(H2,16,18)(H,17,21)(H,20,22)/b19-10-. The van der Waals surface area contributed by atoms with E-state index in [0.717, 1.165) is 12.8 Å². The van der Waals surface area contributed by atoms with Crippen molar-refractivity contribution in [2.24, 2.45) is 5.10 Å². The minimum Gasteiger partial charge on any atom is -0.375 e. The van der Waals surface area contributed by atoms with E-state index in [0.29, 0.717) is 16.5 Å². The van der Waals surface area contributed by atoms with Gasteiger partial charge < -0.3 is 11.1 Å². The smallest absolute Gasteiger partial charge is 0.246 e. The molecule has 1 aliphatic rings. The molecule has 7 nitrogen and oxygen atoms in total. The Morgan fingerprint density at radius 1 is 1.35 bits per heavy atom. The average molecular weight is 337 g/mol. The molecular formula is C15H23N5O2S. The molecule has 0 aromatic carbocycles. The highest BCUT2D eigenvalue weighted by molar-refractivity contribution is 7.13. The second kappa shape index (κ2) is 8.61. The molecule has 0 aliphatic heterocycles. The number of hydrogen-bond acceptors (Lipinski definition) is 6. The number of hydrogen-bond donors (Lipinski definition) is 3. The van der Waals surface area contributed by atoms with E-state index in [9.17, 15) is 9.59 Å². The van der Waals surface area contributed by atoms with Gasteiger partial charge in [-0.1, -0.05) is 19.3 Å². The number of thiazole rings is 1. The second-order valence-corrected chi connectivity index (χ2v) is 6.70. The van der Waals surface area contributed by atoms with Gasteiger partial charge in [-0.2, -0.15) is 5.10 Å². The predicted molar refractivity (Wildman–Crippen MR) is 91.1 cm³/mol. The summed E-state index contributed by atoms with van der Waals surface area (Å²) in [5.41, 5.74) is 9.15. The summed E-state index contributed by atoms with van der Waals surface area (Å²) in [6.45, 7) is 1.72. The third kappa shape index (κ3) is 6.35. The van der Waals surface area contributed by atoms with Crippen LogP contribution in [-0.4, -0.2) is 28.6 Å². The molecule has 1 saturated carbocycles.